The van der Waals surface area contributed by atoms with Gasteiger partial charge in [0.05, 0.1) is 5.75 Å². The fourth-order valence-electron chi connectivity index (χ4n) is 1.18. The summed E-state index contributed by atoms with van der Waals surface area (Å²) < 4.78 is 26.6. The van der Waals surface area contributed by atoms with Crippen molar-refractivity contribution >= 4 is 38.4 Å². The second-order valence-electron chi connectivity index (χ2n) is 3.42. The summed E-state index contributed by atoms with van der Waals surface area (Å²) in [5, 5.41) is 0. The summed E-state index contributed by atoms with van der Waals surface area (Å²) >= 11 is 3.30. The molecule has 7 heteroatoms. The van der Waals surface area contributed by atoms with Gasteiger partial charge in [-0.1, -0.05) is 28.1 Å². The molecule has 3 N–H and O–H groups in total. The highest BCUT2D eigenvalue weighted by Crippen LogP contribution is 2.12. The van der Waals surface area contributed by atoms with E-state index < -0.39 is 10.0 Å². The van der Waals surface area contributed by atoms with Crippen molar-refractivity contribution in [1.82, 2.24) is 4.72 Å². The molecule has 0 amide bonds. The minimum absolute atomic E-state index is 0. The highest BCUT2D eigenvalue weighted by molar-refractivity contribution is 9.10. The second kappa shape index (κ2) is 8.05. The molecule has 0 aliphatic rings. The number of nitrogens with two attached hydrogens (primary N) is 1. The van der Waals surface area contributed by atoms with Crippen LogP contribution in [0.1, 0.15) is 12.0 Å². The molecule has 0 saturated carbocycles. The van der Waals surface area contributed by atoms with Gasteiger partial charge >= 0.3 is 0 Å². The molecule has 1 aromatic rings. The maximum atomic E-state index is 11.6. The molecule has 17 heavy (non-hydrogen) atoms. The summed E-state index contributed by atoms with van der Waals surface area (Å²) in [6.07, 6.45) is 0.652. The molecule has 4 nitrogen and oxygen atoms in total. The van der Waals surface area contributed by atoms with Gasteiger partial charge in [-0.2, -0.15) is 0 Å². The summed E-state index contributed by atoms with van der Waals surface area (Å²) in [6.45, 7) is 0.885. The first-order valence-corrected chi connectivity index (χ1v) is 7.40. The van der Waals surface area contributed by atoms with Crippen LogP contribution in [0.4, 0.5) is 0 Å². The van der Waals surface area contributed by atoms with Crippen LogP contribution in [0.5, 0.6) is 0 Å². The first kappa shape index (κ1) is 16.9. The van der Waals surface area contributed by atoms with Gasteiger partial charge in [-0.05, 0) is 30.7 Å². The summed E-state index contributed by atoms with van der Waals surface area (Å²) in [4.78, 5) is 0. The zero-order chi connectivity index (χ0) is 12.0. The Kier molecular flexibility index (Phi) is 7.98. The topological polar surface area (TPSA) is 72.2 Å². The second-order valence-corrected chi connectivity index (χ2v) is 6.14. The van der Waals surface area contributed by atoms with Crippen molar-refractivity contribution in [2.45, 2.75) is 12.2 Å². The van der Waals surface area contributed by atoms with E-state index in [9.17, 15) is 8.42 Å². The molecule has 0 fully saturated rings. The van der Waals surface area contributed by atoms with Gasteiger partial charge in [0.25, 0.3) is 0 Å². The molecule has 0 atom stereocenters. The number of benzene rings is 1. The van der Waals surface area contributed by atoms with E-state index in [2.05, 4.69) is 20.7 Å². The SMILES string of the molecule is Cl.NCCCNS(=O)(=O)Cc1ccc(Br)cc1. The lowest BCUT2D eigenvalue weighted by molar-refractivity contribution is 0.578. The molecular formula is C10H16BrClN2O2S. The molecule has 0 spiro atoms. The van der Waals surface area contributed by atoms with Crippen LogP contribution in [0.3, 0.4) is 0 Å². The monoisotopic (exact) mass is 342 g/mol. The van der Waals surface area contributed by atoms with Gasteiger partial charge < -0.3 is 5.73 Å². The molecule has 0 aliphatic heterocycles. The van der Waals surface area contributed by atoms with Crippen molar-refractivity contribution in [2.24, 2.45) is 5.73 Å². The Balaban J connectivity index is 0.00000256. The third-order valence-corrected chi connectivity index (χ3v) is 3.86. The molecule has 1 aromatic carbocycles. The summed E-state index contributed by atoms with van der Waals surface area (Å²) in [6, 6.07) is 7.22. The molecule has 98 valence electrons. The zero-order valence-electron chi connectivity index (χ0n) is 9.23. The van der Waals surface area contributed by atoms with Gasteiger partial charge in [0.1, 0.15) is 0 Å². The van der Waals surface area contributed by atoms with E-state index in [4.69, 9.17) is 5.73 Å². The van der Waals surface area contributed by atoms with E-state index in [0.29, 0.717) is 19.5 Å². The van der Waals surface area contributed by atoms with Crippen LogP contribution >= 0.6 is 28.3 Å². The average molecular weight is 344 g/mol. The Morgan fingerprint density at radius 2 is 1.82 bits per heavy atom. The van der Waals surface area contributed by atoms with E-state index in [-0.39, 0.29) is 18.2 Å². The van der Waals surface area contributed by atoms with Crippen LogP contribution in [0.15, 0.2) is 28.7 Å². The predicted molar refractivity (Wildman–Crippen MR) is 75.7 cm³/mol. The normalized spacial score (nSPS) is 10.9. The Morgan fingerprint density at radius 1 is 1.24 bits per heavy atom. The van der Waals surface area contributed by atoms with E-state index in [1.54, 1.807) is 12.1 Å². The molecular weight excluding hydrogens is 328 g/mol. The molecule has 0 aromatic heterocycles. The smallest absolute Gasteiger partial charge is 0.215 e. The molecule has 0 saturated heterocycles. The van der Waals surface area contributed by atoms with Crippen molar-refractivity contribution in [3.8, 4) is 0 Å². The van der Waals surface area contributed by atoms with E-state index in [0.717, 1.165) is 10.0 Å². The van der Waals surface area contributed by atoms with Gasteiger partial charge in [-0.15, -0.1) is 12.4 Å². The highest BCUT2D eigenvalue weighted by atomic mass is 79.9. The standard InChI is InChI=1S/C10H15BrN2O2S.ClH/c11-10-4-2-9(3-5-10)8-16(14,15)13-7-1-6-12;/h2-5,13H,1,6-8,12H2;1H. The van der Waals surface area contributed by atoms with Crippen molar-refractivity contribution < 1.29 is 8.42 Å². The van der Waals surface area contributed by atoms with Gasteiger partial charge in [-0.3, -0.25) is 0 Å². The Morgan fingerprint density at radius 3 is 2.35 bits per heavy atom. The molecule has 0 aliphatic carbocycles. The maximum Gasteiger partial charge on any atom is 0.215 e. The van der Waals surface area contributed by atoms with Crippen LogP contribution < -0.4 is 10.5 Å². The number of hydrogen-bond donors (Lipinski definition) is 2. The molecule has 0 bridgehead atoms. The number of halogens is 2. The first-order chi connectivity index (χ1) is 7.53. The van der Waals surface area contributed by atoms with Crippen molar-refractivity contribution in [2.75, 3.05) is 13.1 Å². The number of hydrogen-bond acceptors (Lipinski definition) is 3. The van der Waals surface area contributed by atoms with E-state index in [1.165, 1.54) is 0 Å². The molecule has 1 rings (SSSR count). The number of sulfonamides is 1. The summed E-state index contributed by atoms with van der Waals surface area (Å²) in [5.74, 6) is 0.00481. The van der Waals surface area contributed by atoms with Crippen LogP contribution in [0.2, 0.25) is 0 Å². The van der Waals surface area contributed by atoms with Gasteiger partial charge in [-0.25, -0.2) is 13.1 Å². The van der Waals surface area contributed by atoms with E-state index >= 15 is 0 Å². The van der Waals surface area contributed by atoms with Crippen LogP contribution in [0, 0.1) is 0 Å². The fourth-order valence-corrected chi connectivity index (χ4v) is 2.63. The molecule has 0 radical (unpaired) electrons. The van der Waals surface area contributed by atoms with Crippen LogP contribution in [0.25, 0.3) is 0 Å². The van der Waals surface area contributed by atoms with Crippen molar-refractivity contribution in [3.63, 3.8) is 0 Å². The highest BCUT2D eigenvalue weighted by Gasteiger charge is 2.10. The summed E-state index contributed by atoms with van der Waals surface area (Å²) in [5.41, 5.74) is 6.05. The quantitative estimate of drug-likeness (QED) is 0.771. The number of nitrogens with one attached hydrogen (secondary N) is 1. The van der Waals surface area contributed by atoms with E-state index in [1.807, 2.05) is 12.1 Å². The lowest BCUT2D eigenvalue weighted by Gasteiger charge is -2.06. The summed E-state index contributed by atoms with van der Waals surface area (Å²) in [7, 11) is -3.24. The maximum absolute atomic E-state index is 11.6. The third-order valence-electron chi connectivity index (χ3n) is 1.97. The van der Waals surface area contributed by atoms with Crippen LogP contribution in [-0.4, -0.2) is 21.5 Å². The van der Waals surface area contributed by atoms with Gasteiger partial charge in [0.2, 0.25) is 10.0 Å². The van der Waals surface area contributed by atoms with Crippen molar-refractivity contribution in [1.29, 1.82) is 0 Å². The van der Waals surface area contributed by atoms with Gasteiger partial charge in [0.15, 0.2) is 0 Å². The lowest BCUT2D eigenvalue weighted by Crippen LogP contribution is -2.27. The third kappa shape index (κ3) is 7.00. The van der Waals surface area contributed by atoms with Gasteiger partial charge in [0, 0.05) is 11.0 Å². The fraction of sp³-hybridized carbons (Fsp3) is 0.400. The average Bonchev–Trinajstić information content (AvgIpc) is 2.21. The number of rotatable bonds is 6. The largest absolute Gasteiger partial charge is 0.330 e. The zero-order valence-corrected chi connectivity index (χ0v) is 12.4. The van der Waals surface area contributed by atoms with Crippen molar-refractivity contribution in [3.05, 3.63) is 34.3 Å². The lowest BCUT2D eigenvalue weighted by atomic mass is 10.2. The Labute approximate surface area is 117 Å². The molecule has 0 heterocycles. The Hall–Kier alpha value is -0.140. The first-order valence-electron chi connectivity index (χ1n) is 4.95. The van der Waals surface area contributed by atoms with Crippen LogP contribution in [-0.2, 0) is 15.8 Å². The Bertz CT molecular complexity index is 422. The minimum Gasteiger partial charge on any atom is -0.330 e. The predicted octanol–water partition coefficient (Wildman–Crippen LogP) is 1.64. The molecule has 0 unspecified atom stereocenters. The minimum atomic E-state index is -3.24.